The molecule has 114 valence electrons. The van der Waals surface area contributed by atoms with Gasteiger partial charge in [-0.1, -0.05) is 54.6 Å². The molecular formula is C19H22N2O. The SMILES string of the molecule is C=C(C)CN(CC)C(=O)Nc1ccc(-c2ccccc2)cc1. The van der Waals surface area contributed by atoms with Crippen LogP contribution in [-0.4, -0.2) is 24.0 Å². The van der Waals surface area contributed by atoms with E-state index in [1.807, 2.05) is 56.3 Å². The van der Waals surface area contributed by atoms with E-state index in [4.69, 9.17) is 0 Å². The quantitative estimate of drug-likeness (QED) is 0.790. The lowest BCUT2D eigenvalue weighted by Gasteiger charge is -2.21. The Balaban J connectivity index is 2.05. The average molecular weight is 294 g/mol. The Kier molecular flexibility index (Phi) is 5.37. The molecule has 0 aliphatic heterocycles. The fourth-order valence-corrected chi connectivity index (χ4v) is 2.23. The number of anilines is 1. The number of carbonyl (C=O) groups excluding carboxylic acids is 1. The predicted molar refractivity (Wildman–Crippen MR) is 93.0 cm³/mol. The lowest BCUT2D eigenvalue weighted by atomic mass is 10.1. The first-order valence-electron chi connectivity index (χ1n) is 7.46. The molecule has 0 atom stereocenters. The summed E-state index contributed by atoms with van der Waals surface area (Å²) in [5.74, 6) is 0. The van der Waals surface area contributed by atoms with Gasteiger partial charge in [-0.25, -0.2) is 4.79 Å². The van der Waals surface area contributed by atoms with Gasteiger partial charge in [0.05, 0.1) is 0 Å². The summed E-state index contributed by atoms with van der Waals surface area (Å²) in [5, 5.41) is 2.92. The summed E-state index contributed by atoms with van der Waals surface area (Å²) in [4.78, 5) is 13.9. The first kappa shape index (κ1) is 15.8. The van der Waals surface area contributed by atoms with Gasteiger partial charge in [-0.05, 0) is 37.1 Å². The van der Waals surface area contributed by atoms with Crippen LogP contribution in [0.4, 0.5) is 10.5 Å². The van der Waals surface area contributed by atoms with E-state index < -0.39 is 0 Å². The van der Waals surface area contributed by atoms with Crippen LogP contribution in [0.15, 0.2) is 66.7 Å². The third-order valence-electron chi connectivity index (χ3n) is 3.37. The summed E-state index contributed by atoms with van der Waals surface area (Å²) < 4.78 is 0. The number of nitrogens with zero attached hydrogens (tertiary/aromatic N) is 1. The van der Waals surface area contributed by atoms with Crippen LogP contribution in [0.2, 0.25) is 0 Å². The molecule has 1 N–H and O–H groups in total. The van der Waals surface area contributed by atoms with Crippen LogP contribution in [-0.2, 0) is 0 Å². The highest BCUT2D eigenvalue weighted by molar-refractivity contribution is 5.89. The molecule has 0 saturated carbocycles. The van der Waals surface area contributed by atoms with Crippen LogP contribution in [0.5, 0.6) is 0 Å². The van der Waals surface area contributed by atoms with E-state index in [0.717, 1.165) is 22.4 Å². The van der Waals surface area contributed by atoms with Gasteiger partial charge in [0.2, 0.25) is 0 Å². The smallest absolute Gasteiger partial charge is 0.321 e. The molecular weight excluding hydrogens is 272 g/mol. The van der Waals surface area contributed by atoms with Crippen LogP contribution in [0.3, 0.4) is 0 Å². The minimum absolute atomic E-state index is 0.0991. The Morgan fingerprint density at radius 1 is 1.05 bits per heavy atom. The summed E-state index contributed by atoms with van der Waals surface area (Å²) >= 11 is 0. The molecule has 2 aromatic carbocycles. The Bertz CT molecular complexity index is 632. The highest BCUT2D eigenvalue weighted by Gasteiger charge is 2.11. The third kappa shape index (κ3) is 4.22. The van der Waals surface area contributed by atoms with Crippen molar-refractivity contribution in [1.29, 1.82) is 0 Å². The van der Waals surface area contributed by atoms with Crippen molar-refractivity contribution in [3.8, 4) is 11.1 Å². The number of urea groups is 1. The Morgan fingerprint density at radius 2 is 1.64 bits per heavy atom. The second kappa shape index (κ2) is 7.46. The van der Waals surface area contributed by atoms with Crippen LogP contribution >= 0.6 is 0 Å². The molecule has 0 radical (unpaired) electrons. The van der Waals surface area contributed by atoms with Crippen molar-refractivity contribution in [2.75, 3.05) is 18.4 Å². The second-order valence-corrected chi connectivity index (χ2v) is 5.34. The largest absolute Gasteiger partial charge is 0.322 e. The van der Waals surface area contributed by atoms with Crippen LogP contribution < -0.4 is 5.32 Å². The lowest BCUT2D eigenvalue weighted by Crippen LogP contribution is -2.35. The van der Waals surface area contributed by atoms with Gasteiger partial charge in [-0.2, -0.15) is 0 Å². The van der Waals surface area contributed by atoms with Gasteiger partial charge in [0.25, 0.3) is 0 Å². The molecule has 0 unspecified atom stereocenters. The van der Waals surface area contributed by atoms with Crippen molar-refractivity contribution in [2.45, 2.75) is 13.8 Å². The zero-order valence-electron chi connectivity index (χ0n) is 13.2. The summed E-state index contributed by atoms with van der Waals surface area (Å²) in [5.41, 5.74) is 4.06. The number of carbonyl (C=O) groups is 1. The van der Waals surface area contributed by atoms with Gasteiger partial charge in [0.15, 0.2) is 0 Å². The molecule has 0 aliphatic carbocycles. The van der Waals surface area contributed by atoms with Gasteiger partial charge in [0, 0.05) is 18.8 Å². The van der Waals surface area contributed by atoms with E-state index in [1.165, 1.54) is 0 Å². The molecule has 0 spiro atoms. The molecule has 0 bridgehead atoms. The molecule has 3 heteroatoms. The van der Waals surface area contributed by atoms with Crippen molar-refractivity contribution in [3.63, 3.8) is 0 Å². The fourth-order valence-electron chi connectivity index (χ4n) is 2.23. The Morgan fingerprint density at radius 3 is 2.18 bits per heavy atom. The summed E-state index contributed by atoms with van der Waals surface area (Å²) in [7, 11) is 0. The molecule has 0 saturated heterocycles. The number of hydrogen-bond acceptors (Lipinski definition) is 1. The Hall–Kier alpha value is -2.55. The van der Waals surface area contributed by atoms with Gasteiger partial charge < -0.3 is 10.2 Å². The molecule has 0 aliphatic rings. The molecule has 0 heterocycles. The summed E-state index contributed by atoms with van der Waals surface area (Å²) in [6.45, 7) is 8.96. The topological polar surface area (TPSA) is 32.3 Å². The zero-order valence-corrected chi connectivity index (χ0v) is 13.2. The van der Waals surface area contributed by atoms with Gasteiger partial charge >= 0.3 is 6.03 Å². The normalized spacial score (nSPS) is 10.1. The first-order chi connectivity index (χ1) is 10.6. The average Bonchev–Trinajstić information content (AvgIpc) is 2.54. The molecule has 22 heavy (non-hydrogen) atoms. The predicted octanol–water partition coefficient (Wildman–Crippen LogP) is 4.78. The summed E-state index contributed by atoms with van der Waals surface area (Å²) in [6.07, 6.45) is 0. The molecule has 2 rings (SSSR count). The molecule has 3 nitrogen and oxygen atoms in total. The number of nitrogens with one attached hydrogen (secondary N) is 1. The summed E-state index contributed by atoms with van der Waals surface area (Å²) in [6, 6.07) is 17.9. The van der Waals surface area contributed by atoms with Crippen molar-refractivity contribution in [1.82, 2.24) is 4.90 Å². The van der Waals surface area contributed by atoms with Gasteiger partial charge in [-0.15, -0.1) is 0 Å². The van der Waals surface area contributed by atoms with Crippen molar-refractivity contribution >= 4 is 11.7 Å². The van der Waals surface area contributed by atoms with E-state index in [-0.39, 0.29) is 6.03 Å². The molecule has 2 amide bonds. The fraction of sp³-hybridized carbons (Fsp3) is 0.211. The van der Waals surface area contributed by atoms with Crippen molar-refractivity contribution in [3.05, 3.63) is 66.7 Å². The van der Waals surface area contributed by atoms with E-state index >= 15 is 0 Å². The monoisotopic (exact) mass is 294 g/mol. The van der Waals surface area contributed by atoms with Crippen molar-refractivity contribution < 1.29 is 4.79 Å². The number of hydrogen-bond donors (Lipinski definition) is 1. The first-order valence-corrected chi connectivity index (χ1v) is 7.46. The Labute approximate surface area is 132 Å². The van der Waals surface area contributed by atoms with Crippen LogP contribution in [0.1, 0.15) is 13.8 Å². The van der Waals surface area contributed by atoms with E-state index in [9.17, 15) is 4.79 Å². The maximum absolute atomic E-state index is 12.2. The van der Waals surface area contributed by atoms with Gasteiger partial charge in [-0.3, -0.25) is 0 Å². The number of amides is 2. The van der Waals surface area contributed by atoms with Crippen LogP contribution in [0, 0.1) is 0 Å². The number of benzene rings is 2. The third-order valence-corrected chi connectivity index (χ3v) is 3.37. The minimum atomic E-state index is -0.0991. The maximum Gasteiger partial charge on any atom is 0.322 e. The highest BCUT2D eigenvalue weighted by atomic mass is 16.2. The van der Waals surface area contributed by atoms with E-state index in [2.05, 4.69) is 24.0 Å². The zero-order chi connectivity index (χ0) is 15.9. The highest BCUT2D eigenvalue weighted by Crippen LogP contribution is 2.21. The standard InChI is InChI=1S/C19H22N2O/c1-4-21(14-15(2)3)19(22)20-18-12-10-17(11-13-18)16-8-6-5-7-9-16/h5-13H,2,4,14H2,1,3H3,(H,20,22). The van der Waals surface area contributed by atoms with Crippen LogP contribution in [0.25, 0.3) is 11.1 Å². The maximum atomic E-state index is 12.2. The van der Waals surface area contributed by atoms with Gasteiger partial charge in [0.1, 0.15) is 0 Å². The number of likely N-dealkylation sites (N-methyl/N-ethyl adjacent to an activating group) is 1. The van der Waals surface area contributed by atoms with E-state index in [0.29, 0.717) is 13.1 Å². The molecule has 0 aromatic heterocycles. The van der Waals surface area contributed by atoms with Crippen molar-refractivity contribution in [2.24, 2.45) is 0 Å². The van der Waals surface area contributed by atoms with E-state index in [1.54, 1.807) is 4.90 Å². The number of rotatable bonds is 5. The molecule has 2 aromatic rings. The second-order valence-electron chi connectivity index (χ2n) is 5.34. The minimum Gasteiger partial charge on any atom is -0.321 e. The lowest BCUT2D eigenvalue weighted by molar-refractivity contribution is 0.218. The molecule has 0 fully saturated rings.